The van der Waals surface area contributed by atoms with Crippen molar-refractivity contribution in [3.8, 4) is 16.5 Å². The van der Waals surface area contributed by atoms with Crippen molar-refractivity contribution in [3.63, 3.8) is 0 Å². The summed E-state index contributed by atoms with van der Waals surface area (Å²) >= 11 is 6.97. The van der Waals surface area contributed by atoms with E-state index in [0.29, 0.717) is 15.3 Å². The summed E-state index contributed by atoms with van der Waals surface area (Å²) in [4.78, 5) is 17.9. The van der Waals surface area contributed by atoms with Crippen molar-refractivity contribution in [2.75, 3.05) is 12.4 Å². The van der Waals surface area contributed by atoms with E-state index in [9.17, 15) is 22.0 Å². The van der Waals surface area contributed by atoms with Gasteiger partial charge >= 0.3 is 0 Å². The summed E-state index contributed by atoms with van der Waals surface area (Å²) in [7, 11) is -2.71. The predicted octanol–water partition coefficient (Wildman–Crippen LogP) is 3.83. The highest BCUT2D eigenvalue weighted by Crippen LogP contribution is 2.36. The van der Waals surface area contributed by atoms with Gasteiger partial charge in [-0.25, -0.2) is 13.8 Å². The molecule has 0 radical (unpaired) electrons. The first-order valence-electron chi connectivity index (χ1n) is 9.76. The highest BCUT2D eigenvalue weighted by atomic mass is 35.5. The Kier molecular flexibility index (Phi) is 6.66. The van der Waals surface area contributed by atoms with Gasteiger partial charge in [-0.05, 0) is 42.8 Å². The molecule has 1 saturated heterocycles. The highest BCUT2D eigenvalue weighted by molar-refractivity contribution is 7.87. The van der Waals surface area contributed by atoms with Crippen LogP contribution in [0, 0.1) is 23.0 Å². The average Bonchev–Trinajstić information content (AvgIpc) is 3.28. The van der Waals surface area contributed by atoms with Gasteiger partial charge in [-0.3, -0.25) is 4.79 Å². The molecule has 3 heterocycles. The zero-order chi connectivity index (χ0) is 24.6. The van der Waals surface area contributed by atoms with Crippen LogP contribution in [0.2, 0.25) is 5.02 Å². The van der Waals surface area contributed by atoms with Crippen molar-refractivity contribution in [1.82, 2.24) is 14.0 Å². The maximum absolute atomic E-state index is 14.0. The summed E-state index contributed by atoms with van der Waals surface area (Å²) in [5, 5.41) is 11.2. The van der Waals surface area contributed by atoms with Crippen LogP contribution < -0.4 is 10.0 Å². The minimum Gasteiger partial charge on any atom is -0.325 e. The molecule has 0 unspecified atom stereocenters. The molecule has 2 N–H and O–H groups in total. The number of nitrogens with one attached hydrogen (secondary N) is 2. The van der Waals surface area contributed by atoms with E-state index in [1.54, 1.807) is 18.2 Å². The molecule has 1 fully saturated rings. The largest absolute Gasteiger partial charge is 0.325 e. The fraction of sp³-hybridized carbons (Fsp3) is 0.190. The van der Waals surface area contributed by atoms with Gasteiger partial charge in [0.2, 0.25) is 5.91 Å². The van der Waals surface area contributed by atoms with E-state index >= 15 is 0 Å². The second-order valence-electron chi connectivity index (χ2n) is 7.43. The number of thiophene rings is 1. The SMILES string of the molecule is CN1[C@H](C(=O)Nc2ccc(F)c(Cl)c2)C[C@H](c2ccc(-c3cnc(C#N)c(F)c3)s2)NS1(=O)=O. The third-order valence-corrected chi connectivity index (χ3v) is 8.39. The van der Waals surface area contributed by atoms with Crippen molar-refractivity contribution in [3.05, 3.63) is 69.8 Å². The fourth-order valence-corrected chi connectivity index (χ4v) is 6.02. The third kappa shape index (κ3) is 4.79. The number of amides is 1. The lowest BCUT2D eigenvalue weighted by Gasteiger charge is -2.35. The number of carbonyl (C=O) groups is 1. The average molecular weight is 524 g/mol. The lowest BCUT2D eigenvalue weighted by Crippen LogP contribution is -2.55. The molecule has 1 aromatic carbocycles. The molecule has 0 bridgehead atoms. The number of anilines is 1. The number of benzene rings is 1. The van der Waals surface area contributed by atoms with Crippen molar-refractivity contribution in [1.29, 1.82) is 5.26 Å². The smallest absolute Gasteiger partial charge is 0.280 e. The number of likely N-dealkylation sites (N-methyl/N-ethyl adjacent to an activating group) is 1. The molecule has 1 amide bonds. The third-order valence-electron chi connectivity index (χ3n) is 5.26. The summed E-state index contributed by atoms with van der Waals surface area (Å²) in [5.41, 5.74) is 0.344. The van der Waals surface area contributed by atoms with Crippen LogP contribution in [0.1, 0.15) is 23.0 Å². The van der Waals surface area contributed by atoms with Gasteiger partial charge in [-0.15, -0.1) is 11.3 Å². The molecule has 1 aliphatic heterocycles. The molecule has 2 atom stereocenters. The van der Waals surface area contributed by atoms with Gasteiger partial charge in [0.25, 0.3) is 10.2 Å². The minimum absolute atomic E-state index is 0.108. The maximum atomic E-state index is 14.0. The van der Waals surface area contributed by atoms with Gasteiger partial charge in [0.05, 0.1) is 11.1 Å². The zero-order valence-corrected chi connectivity index (χ0v) is 19.8. The minimum atomic E-state index is -4.00. The van der Waals surface area contributed by atoms with Crippen molar-refractivity contribution < 1.29 is 22.0 Å². The Balaban J connectivity index is 1.58. The van der Waals surface area contributed by atoms with Gasteiger partial charge in [0.15, 0.2) is 11.5 Å². The van der Waals surface area contributed by atoms with Gasteiger partial charge in [-0.1, -0.05) is 11.6 Å². The molecular weight excluding hydrogens is 508 g/mol. The molecular formula is C21H16ClF2N5O3S2. The van der Waals surface area contributed by atoms with Crippen LogP contribution in [0.15, 0.2) is 42.6 Å². The van der Waals surface area contributed by atoms with E-state index in [4.69, 9.17) is 16.9 Å². The number of carbonyl (C=O) groups excluding carboxylic acids is 1. The number of halogens is 3. The number of hydrogen-bond acceptors (Lipinski definition) is 6. The van der Waals surface area contributed by atoms with Crippen molar-refractivity contribution >= 4 is 44.7 Å². The van der Waals surface area contributed by atoms with Crippen LogP contribution in [0.25, 0.3) is 10.4 Å². The molecule has 0 spiro atoms. The van der Waals surface area contributed by atoms with Crippen molar-refractivity contribution in [2.45, 2.75) is 18.5 Å². The number of nitriles is 1. The van der Waals surface area contributed by atoms with Crippen LogP contribution in [0.3, 0.4) is 0 Å². The normalized spacial score (nSPS) is 20.0. The number of hydrogen-bond donors (Lipinski definition) is 2. The van der Waals surface area contributed by atoms with Crippen LogP contribution >= 0.6 is 22.9 Å². The van der Waals surface area contributed by atoms with Crippen LogP contribution in [0.5, 0.6) is 0 Å². The highest BCUT2D eigenvalue weighted by Gasteiger charge is 2.41. The Morgan fingerprint density at radius 1 is 1.29 bits per heavy atom. The van der Waals surface area contributed by atoms with E-state index < -0.39 is 39.8 Å². The first-order chi connectivity index (χ1) is 16.1. The Hall–Kier alpha value is -2.95. The molecule has 0 aliphatic carbocycles. The summed E-state index contributed by atoms with van der Waals surface area (Å²) in [6.07, 6.45) is 1.47. The van der Waals surface area contributed by atoms with Gasteiger partial charge in [-0.2, -0.15) is 22.7 Å². The zero-order valence-electron chi connectivity index (χ0n) is 17.4. The Bertz CT molecular complexity index is 1420. The maximum Gasteiger partial charge on any atom is 0.280 e. The monoisotopic (exact) mass is 523 g/mol. The quantitative estimate of drug-likeness (QED) is 0.539. The summed E-state index contributed by atoms with van der Waals surface area (Å²) < 4.78 is 56.2. The molecule has 8 nitrogen and oxygen atoms in total. The summed E-state index contributed by atoms with van der Waals surface area (Å²) in [6, 6.07) is 8.08. The van der Waals surface area contributed by atoms with E-state index in [1.165, 1.54) is 42.8 Å². The Morgan fingerprint density at radius 2 is 2.06 bits per heavy atom. The summed E-state index contributed by atoms with van der Waals surface area (Å²) in [6.45, 7) is 0. The van der Waals surface area contributed by atoms with Crippen molar-refractivity contribution in [2.24, 2.45) is 0 Å². The first-order valence-corrected chi connectivity index (χ1v) is 12.4. The first kappa shape index (κ1) is 24.2. The molecule has 4 rings (SSSR count). The Labute approximate surface area is 203 Å². The molecule has 1 aliphatic rings. The standard InChI is InChI=1S/C21H16ClF2N5O3S2/c1-29-18(21(30)27-12-2-3-14(23)13(22)7-12)8-16(28-34(29,31)32)20-5-4-19(33-20)11-6-15(24)17(9-25)26-10-11/h2-7,10,16,18,28H,8H2,1H3,(H,27,30)/t16-,18+/m1/s1. The molecule has 0 saturated carbocycles. The molecule has 34 heavy (non-hydrogen) atoms. The van der Waals surface area contributed by atoms with Crippen LogP contribution in [-0.4, -0.2) is 36.7 Å². The van der Waals surface area contributed by atoms with E-state index in [1.807, 2.05) is 0 Å². The number of rotatable bonds is 4. The van der Waals surface area contributed by atoms with Gasteiger partial charge in [0, 0.05) is 34.2 Å². The predicted molar refractivity (Wildman–Crippen MR) is 123 cm³/mol. The second kappa shape index (κ2) is 9.36. The van der Waals surface area contributed by atoms with Crippen LogP contribution in [0.4, 0.5) is 14.5 Å². The van der Waals surface area contributed by atoms with Crippen LogP contribution in [-0.2, 0) is 15.0 Å². The fourth-order valence-electron chi connectivity index (χ4n) is 3.45. The number of nitrogens with zero attached hydrogens (tertiary/aromatic N) is 3. The molecule has 13 heteroatoms. The van der Waals surface area contributed by atoms with E-state index in [2.05, 4.69) is 15.0 Å². The van der Waals surface area contributed by atoms with E-state index in [0.717, 1.165) is 10.4 Å². The second-order valence-corrected chi connectivity index (χ2v) is 10.7. The molecule has 3 aromatic rings. The van der Waals surface area contributed by atoms with E-state index in [-0.39, 0.29) is 22.8 Å². The number of pyridine rings is 1. The number of aromatic nitrogens is 1. The Morgan fingerprint density at radius 3 is 2.74 bits per heavy atom. The lowest BCUT2D eigenvalue weighted by molar-refractivity contribution is -0.120. The molecule has 2 aromatic heterocycles. The topological polar surface area (TPSA) is 115 Å². The summed E-state index contributed by atoms with van der Waals surface area (Å²) in [5.74, 6) is -2.00. The molecule has 176 valence electrons. The lowest BCUT2D eigenvalue weighted by atomic mass is 10.1. The van der Waals surface area contributed by atoms with Gasteiger partial charge < -0.3 is 5.32 Å². The van der Waals surface area contributed by atoms with Gasteiger partial charge in [0.1, 0.15) is 17.9 Å².